The summed E-state index contributed by atoms with van der Waals surface area (Å²) in [6.07, 6.45) is 3.11. The van der Waals surface area contributed by atoms with Crippen LogP contribution in [0.1, 0.15) is 53.4 Å². The van der Waals surface area contributed by atoms with Crippen LogP contribution in [0.3, 0.4) is 0 Å². The van der Waals surface area contributed by atoms with Gasteiger partial charge in [-0.3, -0.25) is 4.79 Å². The standard InChI is InChI=1S/C16H30N2O3/c1-11(2)7-13(8-15(19)20)9-17-16(21)18(10-12(3)4)14-5-6-14/h11-14H,5-10H2,1-4H3,(H,17,21)(H,19,20)/t13-/m0/s1. The van der Waals surface area contributed by atoms with Crippen LogP contribution < -0.4 is 5.32 Å². The maximum Gasteiger partial charge on any atom is 0.317 e. The number of urea groups is 1. The second-order valence-electron chi connectivity index (χ2n) is 7.06. The minimum Gasteiger partial charge on any atom is -0.481 e. The van der Waals surface area contributed by atoms with E-state index in [1.165, 1.54) is 0 Å². The molecule has 2 amide bonds. The van der Waals surface area contributed by atoms with Crippen LogP contribution in [0.2, 0.25) is 0 Å². The van der Waals surface area contributed by atoms with E-state index in [0.717, 1.165) is 25.8 Å². The molecular formula is C16H30N2O3. The van der Waals surface area contributed by atoms with Crippen LogP contribution in [0, 0.1) is 17.8 Å². The van der Waals surface area contributed by atoms with E-state index in [0.29, 0.717) is 24.4 Å². The van der Waals surface area contributed by atoms with Gasteiger partial charge in [-0.25, -0.2) is 4.79 Å². The SMILES string of the molecule is CC(C)C[C@H](CNC(=O)N(CC(C)C)C1CC1)CC(=O)O. The highest BCUT2D eigenvalue weighted by Crippen LogP contribution is 2.27. The predicted molar refractivity (Wildman–Crippen MR) is 83.2 cm³/mol. The molecule has 0 aromatic rings. The first-order valence-electron chi connectivity index (χ1n) is 8.05. The van der Waals surface area contributed by atoms with E-state index >= 15 is 0 Å². The third-order valence-corrected chi connectivity index (χ3v) is 3.62. The molecule has 0 aromatic carbocycles. The van der Waals surface area contributed by atoms with E-state index < -0.39 is 5.97 Å². The zero-order valence-corrected chi connectivity index (χ0v) is 13.8. The molecule has 0 spiro atoms. The molecular weight excluding hydrogens is 268 g/mol. The zero-order chi connectivity index (χ0) is 16.0. The van der Waals surface area contributed by atoms with E-state index in [1.807, 2.05) is 4.90 Å². The summed E-state index contributed by atoms with van der Waals surface area (Å²) in [6.45, 7) is 9.58. The Morgan fingerprint density at radius 2 is 1.81 bits per heavy atom. The van der Waals surface area contributed by atoms with Gasteiger partial charge in [0, 0.05) is 25.6 Å². The number of carboxylic acid groups (broad SMARTS) is 1. The second-order valence-corrected chi connectivity index (χ2v) is 7.06. The van der Waals surface area contributed by atoms with E-state index in [1.54, 1.807) is 0 Å². The summed E-state index contributed by atoms with van der Waals surface area (Å²) in [6, 6.07) is 0.348. The molecule has 0 heterocycles. The topological polar surface area (TPSA) is 69.6 Å². The van der Waals surface area contributed by atoms with Crippen molar-refractivity contribution in [3.05, 3.63) is 0 Å². The Hall–Kier alpha value is -1.26. The lowest BCUT2D eigenvalue weighted by atomic mass is 9.94. The molecule has 122 valence electrons. The number of carbonyl (C=O) groups is 2. The third-order valence-electron chi connectivity index (χ3n) is 3.62. The predicted octanol–water partition coefficient (Wildman–Crippen LogP) is 2.95. The summed E-state index contributed by atoms with van der Waals surface area (Å²) < 4.78 is 0. The Balaban J connectivity index is 2.48. The number of nitrogens with one attached hydrogen (secondary N) is 1. The average molecular weight is 298 g/mol. The summed E-state index contributed by atoms with van der Waals surface area (Å²) in [7, 11) is 0. The number of rotatable bonds is 9. The quantitative estimate of drug-likeness (QED) is 0.687. The first-order chi connectivity index (χ1) is 9.79. The zero-order valence-electron chi connectivity index (χ0n) is 13.8. The van der Waals surface area contributed by atoms with Crippen LogP contribution >= 0.6 is 0 Å². The highest BCUT2D eigenvalue weighted by molar-refractivity contribution is 5.75. The van der Waals surface area contributed by atoms with Crippen LogP contribution in [0.5, 0.6) is 0 Å². The summed E-state index contributed by atoms with van der Waals surface area (Å²) in [5.41, 5.74) is 0. The van der Waals surface area contributed by atoms with Gasteiger partial charge in [0.05, 0.1) is 0 Å². The number of carbonyl (C=O) groups excluding carboxylic acids is 1. The van der Waals surface area contributed by atoms with Crippen molar-refractivity contribution in [2.24, 2.45) is 17.8 Å². The molecule has 0 aromatic heterocycles. The first-order valence-corrected chi connectivity index (χ1v) is 8.05. The Labute approximate surface area is 128 Å². The van der Waals surface area contributed by atoms with E-state index in [4.69, 9.17) is 5.11 Å². The summed E-state index contributed by atoms with van der Waals surface area (Å²) in [5.74, 6) is 0.0889. The second kappa shape index (κ2) is 8.25. The summed E-state index contributed by atoms with van der Waals surface area (Å²) in [4.78, 5) is 25.1. The average Bonchev–Trinajstić information content (AvgIpc) is 3.15. The molecule has 5 nitrogen and oxygen atoms in total. The lowest BCUT2D eigenvalue weighted by Crippen LogP contribution is -2.45. The van der Waals surface area contributed by atoms with Crippen molar-refractivity contribution in [3.63, 3.8) is 0 Å². The Morgan fingerprint density at radius 1 is 1.19 bits per heavy atom. The van der Waals surface area contributed by atoms with Gasteiger partial charge < -0.3 is 15.3 Å². The molecule has 0 aliphatic heterocycles. The molecule has 21 heavy (non-hydrogen) atoms. The molecule has 2 N–H and O–H groups in total. The van der Waals surface area contributed by atoms with E-state index in [-0.39, 0.29) is 18.4 Å². The molecule has 1 fully saturated rings. The first kappa shape index (κ1) is 17.8. The van der Waals surface area contributed by atoms with Gasteiger partial charge in [0.2, 0.25) is 0 Å². The lowest BCUT2D eigenvalue weighted by molar-refractivity contribution is -0.138. The molecule has 0 radical (unpaired) electrons. The maximum absolute atomic E-state index is 12.3. The number of amides is 2. The van der Waals surface area contributed by atoms with Gasteiger partial charge in [-0.1, -0.05) is 27.7 Å². The van der Waals surface area contributed by atoms with E-state index in [9.17, 15) is 9.59 Å². The molecule has 0 saturated heterocycles. The van der Waals surface area contributed by atoms with Crippen LogP contribution in [0.4, 0.5) is 4.79 Å². The van der Waals surface area contributed by atoms with Crippen molar-refractivity contribution >= 4 is 12.0 Å². The van der Waals surface area contributed by atoms with Gasteiger partial charge in [0.15, 0.2) is 0 Å². The molecule has 1 saturated carbocycles. The summed E-state index contributed by atoms with van der Waals surface area (Å²) in [5, 5.41) is 11.9. The fourth-order valence-corrected chi connectivity index (χ4v) is 2.66. The highest BCUT2D eigenvalue weighted by Gasteiger charge is 2.33. The van der Waals surface area contributed by atoms with Crippen molar-refractivity contribution in [3.8, 4) is 0 Å². The highest BCUT2D eigenvalue weighted by atomic mass is 16.4. The Morgan fingerprint density at radius 3 is 2.24 bits per heavy atom. The van der Waals surface area contributed by atoms with Crippen molar-refractivity contribution in [2.75, 3.05) is 13.1 Å². The molecule has 1 aliphatic carbocycles. The molecule has 1 rings (SSSR count). The minimum absolute atomic E-state index is 0.00607. The molecule has 1 aliphatic rings. The maximum atomic E-state index is 12.3. The van der Waals surface area contributed by atoms with Gasteiger partial charge in [-0.2, -0.15) is 0 Å². The van der Waals surface area contributed by atoms with Crippen LogP contribution in [-0.2, 0) is 4.79 Å². The van der Waals surface area contributed by atoms with Gasteiger partial charge in [0.25, 0.3) is 0 Å². The number of aliphatic carboxylic acids is 1. The molecule has 1 atom stereocenters. The van der Waals surface area contributed by atoms with Crippen molar-refractivity contribution in [1.82, 2.24) is 10.2 Å². The van der Waals surface area contributed by atoms with Crippen LogP contribution in [0.15, 0.2) is 0 Å². The monoisotopic (exact) mass is 298 g/mol. The number of nitrogens with zero attached hydrogens (tertiary/aromatic N) is 1. The van der Waals surface area contributed by atoms with Gasteiger partial charge >= 0.3 is 12.0 Å². The van der Waals surface area contributed by atoms with Gasteiger partial charge in [0.1, 0.15) is 0 Å². The Bertz CT molecular complexity index is 351. The third kappa shape index (κ3) is 7.34. The summed E-state index contributed by atoms with van der Waals surface area (Å²) >= 11 is 0. The number of hydrogen-bond acceptors (Lipinski definition) is 2. The van der Waals surface area contributed by atoms with Crippen LogP contribution in [0.25, 0.3) is 0 Å². The van der Waals surface area contributed by atoms with Crippen LogP contribution in [-0.4, -0.2) is 41.1 Å². The van der Waals surface area contributed by atoms with Crippen molar-refractivity contribution < 1.29 is 14.7 Å². The van der Waals surface area contributed by atoms with Crippen molar-refractivity contribution in [2.45, 2.75) is 59.4 Å². The minimum atomic E-state index is -0.795. The number of hydrogen-bond donors (Lipinski definition) is 2. The van der Waals surface area contributed by atoms with Crippen molar-refractivity contribution in [1.29, 1.82) is 0 Å². The molecule has 5 heteroatoms. The number of carboxylic acids is 1. The fraction of sp³-hybridized carbons (Fsp3) is 0.875. The van der Waals surface area contributed by atoms with Gasteiger partial charge in [-0.05, 0) is 37.0 Å². The smallest absolute Gasteiger partial charge is 0.317 e. The molecule has 0 bridgehead atoms. The largest absolute Gasteiger partial charge is 0.481 e. The molecule has 0 unspecified atom stereocenters. The lowest BCUT2D eigenvalue weighted by Gasteiger charge is -2.26. The fourth-order valence-electron chi connectivity index (χ4n) is 2.66. The normalized spacial score (nSPS) is 16.1. The Kier molecular flexibility index (Phi) is 6.99. The van der Waals surface area contributed by atoms with E-state index in [2.05, 4.69) is 33.0 Å². The van der Waals surface area contributed by atoms with Gasteiger partial charge in [-0.15, -0.1) is 0 Å².